The van der Waals surface area contributed by atoms with E-state index in [1.807, 2.05) is 12.3 Å². The van der Waals surface area contributed by atoms with Crippen LogP contribution < -0.4 is 5.69 Å². The minimum Gasteiger partial charge on any atom is -0.295 e. The molecule has 0 aliphatic rings. The number of rotatable bonds is 5. The zero-order chi connectivity index (χ0) is 18.4. The highest BCUT2D eigenvalue weighted by molar-refractivity contribution is 7.89. The molecule has 0 aliphatic carbocycles. The van der Waals surface area contributed by atoms with Crippen LogP contribution in [0.15, 0.2) is 33.3 Å². The van der Waals surface area contributed by atoms with Gasteiger partial charge >= 0.3 is 5.69 Å². The first-order valence-corrected chi connectivity index (χ1v) is 10.1. The van der Waals surface area contributed by atoms with Crippen LogP contribution in [0.2, 0.25) is 0 Å². The first-order valence-electron chi connectivity index (χ1n) is 7.80. The molecule has 0 saturated heterocycles. The molecule has 7 nitrogen and oxygen atoms in total. The van der Waals surface area contributed by atoms with Gasteiger partial charge in [-0.25, -0.2) is 18.2 Å². The fourth-order valence-electron chi connectivity index (χ4n) is 2.72. The Hall–Kier alpha value is -1.97. The van der Waals surface area contributed by atoms with Crippen molar-refractivity contribution in [1.29, 1.82) is 0 Å². The number of imidazole rings is 1. The van der Waals surface area contributed by atoms with Crippen molar-refractivity contribution in [1.82, 2.24) is 18.4 Å². The molecule has 0 bridgehead atoms. The summed E-state index contributed by atoms with van der Waals surface area (Å²) in [6, 6.07) is 4.74. The predicted molar refractivity (Wildman–Crippen MR) is 98.3 cm³/mol. The van der Waals surface area contributed by atoms with E-state index in [0.29, 0.717) is 11.0 Å². The first kappa shape index (κ1) is 17.8. The summed E-state index contributed by atoms with van der Waals surface area (Å²) in [6.45, 7) is 2.23. The molecule has 0 saturated carbocycles. The highest BCUT2D eigenvalue weighted by Gasteiger charge is 2.23. The van der Waals surface area contributed by atoms with Crippen molar-refractivity contribution in [3.8, 4) is 0 Å². The van der Waals surface area contributed by atoms with Gasteiger partial charge in [-0.05, 0) is 24.6 Å². The average molecular weight is 380 g/mol. The maximum Gasteiger partial charge on any atom is 0.328 e. The van der Waals surface area contributed by atoms with E-state index in [1.165, 1.54) is 37.9 Å². The Morgan fingerprint density at radius 2 is 1.88 bits per heavy atom. The third-order valence-electron chi connectivity index (χ3n) is 4.24. The zero-order valence-corrected chi connectivity index (χ0v) is 16.2. The lowest BCUT2D eigenvalue weighted by molar-refractivity contribution is 0.462. The largest absolute Gasteiger partial charge is 0.328 e. The molecule has 0 fully saturated rings. The van der Waals surface area contributed by atoms with Crippen molar-refractivity contribution < 1.29 is 8.42 Å². The van der Waals surface area contributed by atoms with E-state index in [1.54, 1.807) is 26.2 Å². The van der Waals surface area contributed by atoms with Crippen LogP contribution in [0.5, 0.6) is 0 Å². The van der Waals surface area contributed by atoms with E-state index >= 15 is 0 Å². The third-order valence-corrected chi connectivity index (χ3v) is 7.08. The quantitative estimate of drug-likeness (QED) is 0.675. The van der Waals surface area contributed by atoms with Crippen LogP contribution in [0, 0.1) is 0 Å². The van der Waals surface area contributed by atoms with E-state index in [9.17, 15) is 13.2 Å². The smallest absolute Gasteiger partial charge is 0.295 e. The molecule has 9 heteroatoms. The Bertz CT molecular complexity index is 1090. The summed E-state index contributed by atoms with van der Waals surface area (Å²) in [5.41, 5.74) is 1.83. The number of aryl methyl sites for hydroxylation is 3. The molecule has 0 unspecified atom stereocenters. The van der Waals surface area contributed by atoms with Crippen molar-refractivity contribution in [3.63, 3.8) is 0 Å². The van der Waals surface area contributed by atoms with Gasteiger partial charge in [0, 0.05) is 26.5 Å². The second-order valence-electron chi connectivity index (χ2n) is 5.90. The molecule has 1 aromatic carbocycles. The maximum atomic E-state index is 12.9. The summed E-state index contributed by atoms with van der Waals surface area (Å²) in [6.07, 6.45) is 0.833. The van der Waals surface area contributed by atoms with Gasteiger partial charge in [0.05, 0.1) is 33.2 Å². The molecular weight excluding hydrogens is 360 g/mol. The van der Waals surface area contributed by atoms with Crippen LogP contribution in [-0.2, 0) is 37.1 Å². The molecule has 25 heavy (non-hydrogen) atoms. The highest BCUT2D eigenvalue weighted by atomic mass is 32.2. The SMILES string of the molecule is CCc1nc(CN(C)S(=O)(=O)c2ccc3c(c2)n(C)c(=O)n3C)cs1. The van der Waals surface area contributed by atoms with Crippen molar-refractivity contribution in [2.45, 2.75) is 24.8 Å². The van der Waals surface area contributed by atoms with Crippen LogP contribution in [0.4, 0.5) is 0 Å². The lowest BCUT2D eigenvalue weighted by Gasteiger charge is -2.16. The monoisotopic (exact) mass is 380 g/mol. The fourth-order valence-corrected chi connectivity index (χ4v) is 4.62. The van der Waals surface area contributed by atoms with Crippen LogP contribution >= 0.6 is 11.3 Å². The molecule has 0 amide bonds. The summed E-state index contributed by atoms with van der Waals surface area (Å²) < 4.78 is 30.0. The number of thiazole rings is 1. The van der Waals surface area contributed by atoms with Crippen molar-refractivity contribution in [2.75, 3.05) is 7.05 Å². The molecule has 0 atom stereocenters. The molecule has 3 aromatic rings. The second-order valence-corrected chi connectivity index (χ2v) is 8.89. The number of hydrogen-bond acceptors (Lipinski definition) is 5. The van der Waals surface area contributed by atoms with Crippen LogP contribution in [0.1, 0.15) is 17.6 Å². The standard InChI is InChI=1S/C16H20N4O3S2/c1-5-15-17-11(10-24-15)9-18(2)25(22,23)12-6-7-13-14(8-12)20(4)16(21)19(13)3/h6-8,10H,5,9H2,1-4H3. The van der Waals surface area contributed by atoms with Gasteiger partial charge < -0.3 is 0 Å². The highest BCUT2D eigenvalue weighted by Crippen LogP contribution is 2.22. The molecule has 0 spiro atoms. The second kappa shape index (κ2) is 6.40. The maximum absolute atomic E-state index is 12.9. The van der Waals surface area contributed by atoms with Crippen molar-refractivity contribution in [3.05, 3.63) is 44.8 Å². The Balaban J connectivity index is 1.97. The molecule has 2 aromatic heterocycles. The Labute approximate surface area is 150 Å². The van der Waals surface area contributed by atoms with Gasteiger partial charge in [0.2, 0.25) is 10.0 Å². The lowest BCUT2D eigenvalue weighted by atomic mass is 10.3. The number of hydrogen-bond donors (Lipinski definition) is 0. The summed E-state index contributed by atoms with van der Waals surface area (Å²) >= 11 is 1.53. The van der Waals surface area contributed by atoms with Crippen molar-refractivity contribution in [2.24, 2.45) is 14.1 Å². The molecular formula is C16H20N4O3S2. The third kappa shape index (κ3) is 3.03. The Kier molecular flexibility index (Phi) is 4.56. The summed E-state index contributed by atoms with van der Waals surface area (Å²) in [4.78, 5) is 16.6. The molecule has 3 rings (SSSR count). The Morgan fingerprint density at radius 1 is 1.20 bits per heavy atom. The number of sulfonamides is 1. The van der Waals surface area contributed by atoms with Gasteiger partial charge in [0.25, 0.3) is 0 Å². The Morgan fingerprint density at radius 3 is 2.52 bits per heavy atom. The first-order chi connectivity index (χ1) is 11.8. The van der Waals surface area contributed by atoms with E-state index < -0.39 is 10.0 Å². The molecule has 0 radical (unpaired) electrons. The van der Waals surface area contributed by atoms with Gasteiger partial charge in [-0.2, -0.15) is 4.31 Å². The number of nitrogens with zero attached hydrogens (tertiary/aromatic N) is 4. The van der Waals surface area contributed by atoms with Gasteiger partial charge in [-0.1, -0.05) is 6.92 Å². The predicted octanol–water partition coefficient (Wildman–Crippen LogP) is 1.72. The van der Waals surface area contributed by atoms with Gasteiger partial charge in [0.1, 0.15) is 0 Å². The minimum atomic E-state index is -3.67. The molecule has 0 aliphatic heterocycles. The number of fused-ring (bicyclic) bond motifs is 1. The van der Waals surface area contributed by atoms with Crippen LogP contribution in [0.25, 0.3) is 11.0 Å². The number of aromatic nitrogens is 3. The van der Waals surface area contributed by atoms with Gasteiger partial charge in [0.15, 0.2) is 0 Å². The zero-order valence-electron chi connectivity index (χ0n) is 14.6. The van der Waals surface area contributed by atoms with Gasteiger partial charge in [-0.15, -0.1) is 11.3 Å². The fraction of sp³-hybridized carbons (Fsp3) is 0.375. The van der Waals surface area contributed by atoms with E-state index in [2.05, 4.69) is 4.98 Å². The lowest BCUT2D eigenvalue weighted by Crippen LogP contribution is -2.26. The number of benzene rings is 1. The molecule has 0 N–H and O–H groups in total. The normalized spacial score (nSPS) is 12.4. The molecule has 2 heterocycles. The summed E-state index contributed by atoms with van der Waals surface area (Å²) in [7, 11) is 1.16. The van der Waals surface area contributed by atoms with E-state index in [-0.39, 0.29) is 17.1 Å². The average Bonchev–Trinajstić information content (AvgIpc) is 3.14. The summed E-state index contributed by atoms with van der Waals surface area (Å²) in [5.74, 6) is 0. The minimum absolute atomic E-state index is 0.162. The summed E-state index contributed by atoms with van der Waals surface area (Å²) in [5, 5.41) is 2.87. The van der Waals surface area contributed by atoms with Crippen LogP contribution in [-0.4, -0.2) is 33.9 Å². The van der Waals surface area contributed by atoms with Gasteiger partial charge in [-0.3, -0.25) is 9.13 Å². The van der Waals surface area contributed by atoms with E-state index in [0.717, 1.165) is 17.1 Å². The van der Waals surface area contributed by atoms with Crippen molar-refractivity contribution >= 4 is 32.4 Å². The molecule has 134 valence electrons. The topological polar surface area (TPSA) is 77.2 Å². The van der Waals surface area contributed by atoms with Crippen LogP contribution in [0.3, 0.4) is 0 Å². The van der Waals surface area contributed by atoms with E-state index in [4.69, 9.17) is 0 Å².